The smallest absolute Gasteiger partial charge is 0.261 e. The zero-order valence-corrected chi connectivity index (χ0v) is 12.9. The Hall–Kier alpha value is -1.76. The van der Waals surface area contributed by atoms with Crippen molar-refractivity contribution < 1.29 is 22.7 Å². The minimum Gasteiger partial charge on any atom is -0.497 e. The number of rotatable bonds is 5. The maximum Gasteiger partial charge on any atom is 0.261 e. The number of ether oxygens (including phenoxy) is 2. The Kier molecular flexibility index (Phi) is 4.72. The van der Waals surface area contributed by atoms with E-state index in [1.807, 2.05) is 0 Å². The molecule has 1 aliphatic rings. The lowest BCUT2D eigenvalue weighted by Crippen LogP contribution is -2.43. The lowest BCUT2D eigenvalue weighted by Gasteiger charge is -2.17. The van der Waals surface area contributed by atoms with Crippen LogP contribution in [0.1, 0.15) is 13.3 Å². The van der Waals surface area contributed by atoms with E-state index in [4.69, 9.17) is 9.47 Å². The molecule has 6 nitrogen and oxygen atoms in total. The lowest BCUT2D eigenvalue weighted by atomic mass is 10.2. The number of benzene rings is 1. The van der Waals surface area contributed by atoms with E-state index in [9.17, 15) is 13.2 Å². The van der Waals surface area contributed by atoms with Gasteiger partial charge in [-0.15, -0.1) is 0 Å². The molecule has 1 amide bonds. The number of carbonyl (C=O) groups is 1. The van der Waals surface area contributed by atoms with Crippen LogP contribution in [0.25, 0.3) is 0 Å². The zero-order chi connectivity index (χ0) is 15.5. The molecule has 0 saturated carbocycles. The molecular weight excluding hydrogens is 294 g/mol. The minimum absolute atomic E-state index is 0.00793. The first-order chi connectivity index (χ1) is 9.89. The molecule has 0 aliphatic carbocycles. The van der Waals surface area contributed by atoms with Crippen molar-refractivity contribution in [2.45, 2.75) is 25.5 Å². The Bertz CT molecular complexity index is 596. The van der Waals surface area contributed by atoms with Gasteiger partial charge in [0, 0.05) is 6.04 Å². The van der Waals surface area contributed by atoms with E-state index >= 15 is 0 Å². The van der Waals surface area contributed by atoms with Crippen LogP contribution in [-0.4, -0.2) is 45.1 Å². The molecule has 21 heavy (non-hydrogen) atoms. The van der Waals surface area contributed by atoms with E-state index < -0.39 is 15.9 Å². The van der Waals surface area contributed by atoms with E-state index in [2.05, 4.69) is 5.32 Å². The van der Waals surface area contributed by atoms with Crippen molar-refractivity contribution in [1.82, 2.24) is 5.32 Å². The van der Waals surface area contributed by atoms with Crippen LogP contribution in [-0.2, 0) is 14.6 Å². The van der Waals surface area contributed by atoms with Crippen LogP contribution in [0.2, 0.25) is 0 Å². The average Bonchev–Trinajstić information content (AvgIpc) is 2.78. The van der Waals surface area contributed by atoms with Crippen LogP contribution in [0, 0.1) is 0 Å². The number of hydrogen-bond donors (Lipinski definition) is 1. The van der Waals surface area contributed by atoms with Gasteiger partial charge >= 0.3 is 0 Å². The van der Waals surface area contributed by atoms with Gasteiger partial charge in [0.25, 0.3) is 5.91 Å². The molecule has 1 aliphatic heterocycles. The highest BCUT2D eigenvalue weighted by Crippen LogP contribution is 2.18. The molecule has 2 rings (SSSR count). The molecule has 1 aromatic rings. The second-order valence-corrected chi connectivity index (χ2v) is 7.27. The lowest BCUT2D eigenvalue weighted by molar-refractivity contribution is -0.127. The van der Waals surface area contributed by atoms with Crippen molar-refractivity contribution >= 4 is 15.7 Å². The third-order valence-corrected chi connectivity index (χ3v) is 5.09. The highest BCUT2D eigenvalue weighted by Gasteiger charge is 2.30. The summed E-state index contributed by atoms with van der Waals surface area (Å²) in [5, 5.41) is 2.71. The first-order valence-electron chi connectivity index (χ1n) is 6.71. The first-order valence-corrected chi connectivity index (χ1v) is 8.53. The van der Waals surface area contributed by atoms with Crippen LogP contribution in [0.5, 0.6) is 11.5 Å². The Morgan fingerprint density at radius 2 is 1.90 bits per heavy atom. The van der Waals surface area contributed by atoms with Crippen molar-refractivity contribution in [3.63, 3.8) is 0 Å². The fraction of sp³-hybridized carbons (Fsp3) is 0.500. The molecule has 0 aromatic heterocycles. The van der Waals surface area contributed by atoms with E-state index in [0.29, 0.717) is 17.9 Å². The van der Waals surface area contributed by atoms with Crippen molar-refractivity contribution in [2.24, 2.45) is 0 Å². The van der Waals surface area contributed by atoms with Crippen molar-refractivity contribution in [3.8, 4) is 11.5 Å². The maximum absolute atomic E-state index is 12.0. The van der Waals surface area contributed by atoms with Gasteiger partial charge < -0.3 is 14.8 Å². The van der Waals surface area contributed by atoms with E-state index in [-0.39, 0.29) is 23.5 Å². The summed E-state index contributed by atoms with van der Waals surface area (Å²) in [4.78, 5) is 12.0. The van der Waals surface area contributed by atoms with Gasteiger partial charge in [-0.25, -0.2) is 8.42 Å². The van der Waals surface area contributed by atoms with Gasteiger partial charge in [-0.3, -0.25) is 4.79 Å². The van der Waals surface area contributed by atoms with Crippen molar-refractivity contribution in [2.75, 3.05) is 18.6 Å². The third-order valence-electron chi connectivity index (χ3n) is 3.32. The van der Waals surface area contributed by atoms with Gasteiger partial charge in [0.15, 0.2) is 15.9 Å². The summed E-state index contributed by atoms with van der Waals surface area (Å²) in [6, 6.07) is 6.59. The Morgan fingerprint density at radius 1 is 1.29 bits per heavy atom. The molecule has 2 atom stereocenters. The van der Waals surface area contributed by atoms with E-state index in [0.717, 1.165) is 0 Å². The summed E-state index contributed by atoms with van der Waals surface area (Å²) in [6.45, 7) is 1.63. The molecule has 0 radical (unpaired) electrons. The van der Waals surface area contributed by atoms with Crippen LogP contribution >= 0.6 is 0 Å². The van der Waals surface area contributed by atoms with Gasteiger partial charge in [-0.1, -0.05) is 0 Å². The zero-order valence-electron chi connectivity index (χ0n) is 12.0. The largest absolute Gasteiger partial charge is 0.497 e. The van der Waals surface area contributed by atoms with Crippen LogP contribution in [0.15, 0.2) is 24.3 Å². The van der Waals surface area contributed by atoms with Crippen molar-refractivity contribution in [1.29, 1.82) is 0 Å². The third kappa shape index (κ3) is 4.35. The van der Waals surface area contributed by atoms with E-state index in [1.165, 1.54) is 0 Å². The molecule has 1 heterocycles. The molecule has 2 unspecified atom stereocenters. The number of sulfone groups is 1. The van der Waals surface area contributed by atoms with Gasteiger partial charge in [0.05, 0.1) is 18.6 Å². The number of amides is 1. The summed E-state index contributed by atoms with van der Waals surface area (Å²) in [7, 11) is -1.43. The minimum atomic E-state index is -3.00. The average molecular weight is 313 g/mol. The Balaban J connectivity index is 1.87. The van der Waals surface area contributed by atoms with Gasteiger partial charge in [-0.2, -0.15) is 0 Å². The standard InChI is InChI=1S/C14H19NO5S/c1-10(20-13-5-3-12(19-2)4-6-13)14(16)15-11-7-8-21(17,18)9-11/h3-6,10-11H,7-9H2,1-2H3,(H,15,16). The molecule has 1 saturated heterocycles. The molecule has 0 spiro atoms. The van der Waals surface area contributed by atoms with Gasteiger partial charge in [0.2, 0.25) is 0 Å². The van der Waals surface area contributed by atoms with Crippen LogP contribution in [0.4, 0.5) is 0 Å². The monoisotopic (exact) mass is 313 g/mol. The predicted molar refractivity (Wildman–Crippen MR) is 78.3 cm³/mol. The Labute approximate surface area is 124 Å². The molecule has 1 aromatic carbocycles. The highest BCUT2D eigenvalue weighted by molar-refractivity contribution is 7.91. The molecule has 116 valence electrons. The van der Waals surface area contributed by atoms with Crippen LogP contribution in [0.3, 0.4) is 0 Å². The van der Waals surface area contributed by atoms with Crippen molar-refractivity contribution in [3.05, 3.63) is 24.3 Å². The highest BCUT2D eigenvalue weighted by atomic mass is 32.2. The second-order valence-electron chi connectivity index (χ2n) is 5.04. The maximum atomic E-state index is 12.0. The number of hydrogen-bond acceptors (Lipinski definition) is 5. The fourth-order valence-electron chi connectivity index (χ4n) is 2.14. The molecular formula is C14H19NO5S. The summed E-state index contributed by atoms with van der Waals surface area (Å²) < 4.78 is 33.3. The molecule has 0 bridgehead atoms. The van der Waals surface area contributed by atoms with E-state index in [1.54, 1.807) is 38.3 Å². The topological polar surface area (TPSA) is 81.7 Å². The SMILES string of the molecule is COc1ccc(OC(C)C(=O)NC2CCS(=O)(=O)C2)cc1. The number of carbonyl (C=O) groups excluding carboxylic acids is 1. The predicted octanol–water partition coefficient (Wildman–Crippen LogP) is 0.766. The molecule has 1 N–H and O–H groups in total. The number of methoxy groups -OCH3 is 1. The first kappa shape index (κ1) is 15.6. The number of nitrogens with one attached hydrogen (secondary N) is 1. The van der Waals surface area contributed by atoms with Gasteiger partial charge in [0.1, 0.15) is 11.5 Å². The quantitative estimate of drug-likeness (QED) is 0.868. The van der Waals surface area contributed by atoms with Gasteiger partial charge in [-0.05, 0) is 37.6 Å². The normalized spacial score (nSPS) is 21.5. The summed E-state index contributed by atoms with van der Waals surface area (Å²) in [6.07, 6.45) is -0.231. The van der Waals surface area contributed by atoms with Crippen LogP contribution < -0.4 is 14.8 Å². The Morgan fingerprint density at radius 3 is 2.43 bits per heavy atom. The molecule has 7 heteroatoms. The summed E-state index contributed by atoms with van der Waals surface area (Å²) in [5.74, 6) is 1.08. The summed E-state index contributed by atoms with van der Waals surface area (Å²) in [5.41, 5.74) is 0. The second kappa shape index (κ2) is 6.34. The fourth-order valence-corrected chi connectivity index (χ4v) is 3.81. The summed E-state index contributed by atoms with van der Waals surface area (Å²) >= 11 is 0. The molecule has 1 fully saturated rings.